The Kier molecular flexibility index (Phi) is 7.59. The summed E-state index contributed by atoms with van der Waals surface area (Å²) in [6.45, 7) is -0.717. The van der Waals surface area contributed by atoms with Gasteiger partial charge >= 0.3 is 6.18 Å². The molecule has 0 fully saturated rings. The molecule has 3 aromatic rings. The maximum absolute atomic E-state index is 14.2. The summed E-state index contributed by atoms with van der Waals surface area (Å²) in [5, 5.41) is -0.562. The first kappa shape index (κ1) is 23.1. The number of hydrogen-bond acceptors (Lipinski definition) is 6. The molecule has 1 aliphatic heterocycles. The van der Waals surface area contributed by atoms with E-state index < -0.39 is 57.5 Å². The van der Waals surface area contributed by atoms with Gasteiger partial charge in [-0.05, 0) is 62.3 Å². The highest BCUT2D eigenvalue weighted by atomic mass is 32.2. The van der Waals surface area contributed by atoms with E-state index in [9.17, 15) is 26.4 Å². The number of benzene rings is 1. The molecule has 0 saturated heterocycles. The standard InChI is InChI=1S/C30H35F3N4O3S/c1-22(38)12-11-21-37-20-9-5-3-2-4-6-13-23-14-7-8-15-24(23)29-25(30(31,32)33)18-19-26(34-29)36-41(39,40)28-17-10-16-27(37)35-28/h7-8,10,14-19H,2-6,9,11-13,20-21H2,1H3,(H,34,36)/i6D2,13D2,21D2. The van der Waals surface area contributed by atoms with E-state index in [0.29, 0.717) is 25.3 Å². The first-order valence-corrected chi connectivity index (χ1v) is 14.7. The van der Waals surface area contributed by atoms with Crippen molar-refractivity contribution in [2.24, 2.45) is 0 Å². The Labute approximate surface area is 247 Å². The smallest absolute Gasteiger partial charge is 0.357 e. The summed E-state index contributed by atoms with van der Waals surface area (Å²) >= 11 is 0. The molecule has 2 aromatic heterocycles. The van der Waals surface area contributed by atoms with E-state index in [2.05, 4.69) is 14.7 Å². The molecule has 3 heterocycles. The van der Waals surface area contributed by atoms with E-state index in [1.54, 1.807) is 0 Å². The zero-order valence-electron chi connectivity index (χ0n) is 28.5. The zero-order chi connectivity index (χ0) is 34.8. The number of ketones is 1. The molecular weight excluding hydrogens is 553 g/mol. The van der Waals surface area contributed by atoms with Gasteiger partial charge in [-0.2, -0.15) is 21.6 Å². The third-order valence-electron chi connectivity index (χ3n) is 6.32. The number of nitrogens with zero attached hydrogens (tertiary/aromatic N) is 3. The normalized spacial score (nSPS) is 21.4. The number of rotatable bonds is 4. The molecule has 1 aliphatic rings. The largest absolute Gasteiger partial charge is 0.418 e. The van der Waals surface area contributed by atoms with E-state index in [0.717, 1.165) is 12.1 Å². The molecule has 1 N–H and O–H groups in total. The van der Waals surface area contributed by atoms with Gasteiger partial charge in [0.25, 0.3) is 10.0 Å². The summed E-state index contributed by atoms with van der Waals surface area (Å²) in [4.78, 5) is 21.1. The molecule has 11 heteroatoms. The number of Topliss-reactive ketones (excluding diaryl/α,β-unsaturated/α-hetero) is 1. The molecule has 0 amide bonds. The molecule has 220 valence electrons. The van der Waals surface area contributed by atoms with Crippen molar-refractivity contribution in [3.8, 4) is 11.3 Å². The Morgan fingerprint density at radius 1 is 1.02 bits per heavy atom. The average molecular weight is 595 g/mol. The summed E-state index contributed by atoms with van der Waals surface area (Å²) in [5.41, 5.74) is -2.80. The molecule has 4 rings (SSSR count). The fourth-order valence-electron chi connectivity index (χ4n) is 4.28. The van der Waals surface area contributed by atoms with Gasteiger partial charge in [0.15, 0.2) is 5.03 Å². The van der Waals surface area contributed by atoms with Crippen LogP contribution >= 0.6 is 0 Å². The van der Waals surface area contributed by atoms with Crippen molar-refractivity contribution in [2.45, 2.75) is 75.8 Å². The number of nitrogens with one attached hydrogen (secondary N) is 1. The highest BCUT2D eigenvalue weighted by molar-refractivity contribution is 7.92. The number of halogens is 3. The van der Waals surface area contributed by atoms with Gasteiger partial charge in [0.1, 0.15) is 17.4 Å². The summed E-state index contributed by atoms with van der Waals surface area (Å²) in [6, 6.07) is 10.4. The third-order valence-corrected chi connectivity index (χ3v) is 7.57. The minimum atomic E-state index is -4.98. The maximum atomic E-state index is 14.2. The molecule has 0 atom stereocenters. The molecule has 0 radical (unpaired) electrons. The monoisotopic (exact) mass is 594 g/mol. The highest BCUT2D eigenvalue weighted by Gasteiger charge is 2.35. The summed E-state index contributed by atoms with van der Waals surface area (Å²) < 4.78 is 124. The molecule has 0 spiro atoms. The van der Waals surface area contributed by atoms with Crippen molar-refractivity contribution in [1.82, 2.24) is 9.97 Å². The quantitative estimate of drug-likeness (QED) is 0.349. The van der Waals surface area contributed by atoms with Crippen molar-refractivity contribution in [1.29, 1.82) is 0 Å². The lowest BCUT2D eigenvalue weighted by atomic mass is 9.96. The summed E-state index contributed by atoms with van der Waals surface area (Å²) in [6.07, 6.45) is -9.32. The second kappa shape index (κ2) is 13.5. The second-order valence-electron chi connectivity index (χ2n) is 9.55. The summed E-state index contributed by atoms with van der Waals surface area (Å²) in [7, 11) is -4.61. The lowest BCUT2D eigenvalue weighted by molar-refractivity contribution is -0.137. The number of hydrogen-bond donors (Lipinski definition) is 1. The molecular formula is C30H35F3N4O3S. The Balaban J connectivity index is 1.89. The molecule has 0 aliphatic carbocycles. The van der Waals surface area contributed by atoms with Gasteiger partial charge in [-0.1, -0.05) is 56.0 Å². The predicted octanol–water partition coefficient (Wildman–Crippen LogP) is 7.04. The van der Waals surface area contributed by atoms with Crippen LogP contribution in [0.2, 0.25) is 0 Å². The molecule has 7 nitrogen and oxygen atoms in total. The number of alkyl halides is 3. The molecule has 4 bridgehead atoms. The maximum Gasteiger partial charge on any atom is 0.418 e. The van der Waals surface area contributed by atoms with E-state index >= 15 is 0 Å². The Bertz CT molecular complexity index is 1720. The predicted molar refractivity (Wildman–Crippen MR) is 153 cm³/mol. The number of pyridine rings is 2. The van der Waals surface area contributed by atoms with Crippen LogP contribution < -0.4 is 9.62 Å². The number of fused-ring (bicyclic) bond motifs is 6. The van der Waals surface area contributed by atoms with Crippen molar-refractivity contribution in [3.63, 3.8) is 0 Å². The topological polar surface area (TPSA) is 92.3 Å². The third kappa shape index (κ3) is 8.28. The number of carbonyl (C=O) groups is 1. The van der Waals surface area contributed by atoms with Crippen LogP contribution in [-0.4, -0.2) is 37.2 Å². The lowest BCUT2D eigenvalue weighted by Gasteiger charge is -2.24. The number of sulfonamides is 1. The Morgan fingerprint density at radius 3 is 2.56 bits per heavy atom. The fourth-order valence-corrected chi connectivity index (χ4v) is 5.24. The van der Waals surface area contributed by atoms with Crippen molar-refractivity contribution >= 4 is 27.4 Å². The van der Waals surface area contributed by atoms with Gasteiger partial charge < -0.3 is 9.69 Å². The number of aryl methyl sites for hydroxylation is 1. The second-order valence-corrected chi connectivity index (χ2v) is 11.2. The van der Waals surface area contributed by atoms with Crippen LogP contribution in [-0.2, 0) is 27.4 Å². The van der Waals surface area contributed by atoms with Gasteiger partial charge in [0, 0.05) is 33.3 Å². The van der Waals surface area contributed by atoms with Crippen LogP contribution in [0.1, 0.15) is 77.6 Å². The number of aromatic nitrogens is 2. The van der Waals surface area contributed by atoms with Gasteiger partial charge in [0.2, 0.25) is 0 Å². The van der Waals surface area contributed by atoms with Gasteiger partial charge in [-0.3, -0.25) is 4.72 Å². The lowest BCUT2D eigenvalue weighted by Crippen LogP contribution is -2.28. The van der Waals surface area contributed by atoms with Gasteiger partial charge in [0.05, 0.1) is 11.3 Å². The first-order valence-electron chi connectivity index (χ1n) is 16.2. The fraction of sp³-hybridized carbons (Fsp3) is 0.433. The van der Waals surface area contributed by atoms with E-state index in [4.69, 9.17) is 8.22 Å². The van der Waals surface area contributed by atoms with Crippen LogP contribution in [0.4, 0.5) is 24.8 Å². The Hall–Kier alpha value is -3.47. The van der Waals surface area contributed by atoms with Crippen LogP contribution in [0.5, 0.6) is 0 Å². The minimum Gasteiger partial charge on any atom is -0.357 e. The first-order chi connectivity index (χ1) is 21.8. The van der Waals surface area contributed by atoms with E-state index in [1.165, 1.54) is 48.2 Å². The summed E-state index contributed by atoms with van der Waals surface area (Å²) in [5.74, 6) is -0.816. The molecule has 1 aromatic carbocycles. The van der Waals surface area contributed by atoms with Crippen LogP contribution in [0.25, 0.3) is 11.3 Å². The SMILES string of the molecule is [2H]C([2H])(CCC(C)=O)N1CCCCCCC([2H])([2H])C([2H])([2H])c2ccccc2-c2nc(ccc2C(F)(F)F)NS(=O)(=O)c2cccc1n2. The number of anilines is 2. The van der Waals surface area contributed by atoms with E-state index in [-0.39, 0.29) is 55.0 Å². The van der Waals surface area contributed by atoms with E-state index in [1.807, 2.05) is 0 Å². The van der Waals surface area contributed by atoms with Crippen LogP contribution in [0.3, 0.4) is 0 Å². The highest BCUT2D eigenvalue weighted by Crippen LogP contribution is 2.38. The molecule has 0 unspecified atom stereocenters. The van der Waals surface area contributed by atoms with Gasteiger partial charge in [-0.25, -0.2) is 9.97 Å². The molecule has 41 heavy (non-hydrogen) atoms. The van der Waals surface area contributed by atoms with Crippen molar-refractivity contribution in [3.05, 3.63) is 65.7 Å². The van der Waals surface area contributed by atoms with Crippen LogP contribution in [0.15, 0.2) is 59.6 Å². The van der Waals surface area contributed by atoms with Crippen LogP contribution in [0, 0.1) is 0 Å². The zero-order valence-corrected chi connectivity index (χ0v) is 23.3. The average Bonchev–Trinajstić information content (AvgIpc) is 2.98. The van der Waals surface area contributed by atoms with Gasteiger partial charge in [-0.15, -0.1) is 0 Å². The van der Waals surface area contributed by atoms with Crippen molar-refractivity contribution in [2.75, 3.05) is 22.7 Å². The minimum absolute atomic E-state index is 0.0427. The Morgan fingerprint density at radius 2 is 1.78 bits per heavy atom. The molecule has 0 saturated carbocycles. The number of carbonyl (C=O) groups excluding carboxylic acids is 1. The van der Waals surface area contributed by atoms with Crippen molar-refractivity contribution < 1.29 is 34.6 Å².